The van der Waals surface area contributed by atoms with E-state index in [1.165, 1.54) is 6.08 Å². The van der Waals surface area contributed by atoms with Gasteiger partial charge in [-0.3, -0.25) is 9.59 Å². The Balaban J connectivity index is 3.25. The standard InChI is InChI=1S/C19H26O6/c1-4-24-17(21)19(12-6-7-13-20,18(22)25-5-2)14-15-8-10-16(23-3)11-9-15/h6-11,20H,4-5,12-14H2,1-3H3/b7-6+. The van der Waals surface area contributed by atoms with Crippen molar-refractivity contribution >= 4 is 11.9 Å². The summed E-state index contributed by atoms with van der Waals surface area (Å²) in [6.07, 6.45) is 3.29. The minimum absolute atomic E-state index is 0.0806. The number of carbonyl (C=O) groups is 2. The first-order chi connectivity index (χ1) is 12.0. The zero-order chi connectivity index (χ0) is 18.7. The third kappa shape index (κ3) is 5.60. The lowest BCUT2D eigenvalue weighted by Crippen LogP contribution is -2.43. The minimum Gasteiger partial charge on any atom is -0.497 e. The molecule has 138 valence electrons. The van der Waals surface area contributed by atoms with Crippen molar-refractivity contribution in [2.45, 2.75) is 26.7 Å². The first-order valence-corrected chi connectivity index (χ1v) is 8.27. The van der Waals surface area contributed by atoms with Crippen LogP contribution >= 0.6 is 0 Å². The van der Waals surface area contributed by atoms with Crippen molar-refractivity contribution in [1.82, 2.24) is 0 Å². The Hall–Kier alpha value is -2.34. The number of aliphatic hydroxyl groups excluding tert-OH is 1. The topological polar surface area (TPSA) is 82.1 Å². The van der Waals surface area contributed by atoms with Crippen LogP contribution in [0.25, 0.3) is 0 Å². The Bertz CT molecular complexity index is 558. The monoisotopic (exact) mass is 350 g/mol. The van der Waals surface area contributed by atoms with Gasteiger partial charge in [0.15, 0.2) is 5.41 Å². The maximum Gasteiger partial charge on any atom is 0.324 e. The number of aliphatic hydroxyl groups is 1. The minimum atomic E-state index is -1.49. The predicted molar refractivity (Wildman–Crippen MR) is 93.2 cm³/mol. The van der Waals surface area contributed by atoms with Gasteiger partial charge in [0.1, 0.15) is 5.75 Å². The van der Waals surface area contributed by atoms with Crippen molar-refractivity contribution in [3.8, 4) is 5.75 Å². The van der Waals surface area contributed by atoms with Gasteiger partial charge in [0.25, 0.3) is 0 Å². The first-order valence-electron chi connectivity index (χ1n) is 8.27. The lowest BCUT2D eigenvalue weighted by Gasteiger charge is -2.28. The number of esters is 2. The van der Waals surface area contributed by atoms with Crippen LogP contribution in [0.15, 0.2) is 36.4 Å². The van der Waals surface area contributed by atoms with E-state index in [-0.39, 0.29) is 32.7 Å². The average molecular weight is 350 g/mol. The van der Waals surface area contributed by atoms with Crippen molar-refractivity contribution in [1.29, 1.82) is 0 Å². The van der Waals surface area contributed by atoms with Crippen LogP contribution in [0.3, 0.4) is 0 Å². The molecular weight excluding hydrogens is 324 g/mol. The van der Waals surface area contributed by atoms with E-state index < -0.39 is 17.4 Å². The summed E-state index contributed by atoms with van der Waals surface area (Å²) in [7, 11) is 1.57. The number of rotatable bonds is 10. The molecular formula is C19H26O6. The molecule has 1 rings (SSSR count). The molecule has 1 aromatic rings. The summed E-state index contributed by atoms with van der Waals surface area (Å²) in [6, 6.07) is 7.11. The summed E-state index contributed by atoms with van der Waals surface area (Å²) in [5.74, 6) is -0.583. The Morgan fingerprint density at radius 3 is 2.04 bits per heavy atom. The molecule has 0 spiro atoms. The molecule has 0 bridgehead atoms. The van der Waals surface area contributed by atoms with Crippen LogP contribution in [0, 0.1) is 5.41 Å². The van der Waals surface area contributed by atoms with Gasteiger partial charge in [0.05, 0.1) is 26.9 Å². The zero-order valence-corrected chi connectivity index (χ0v) is 15.0. The second-order valence-corrected chi connectivity index (χ2v) is 5.41. The Morgan fingerprint density at radius 2 is 1.60 bits per heavy atom. The summed E-state index contributed by atoms with van der Waals surface area (Å²) >= 11 is 0. The lowest BCUT2D eigenvalue weighted by atomic mass is 9.78. The molecule has 0 heterocycles. The van der Waals surface area contributed by atoms with Crippen molar-refractivity contribution in [2.24, 2.45) is 5.41 Å². The van der Waals surface area contributed by atoms with Gasteiger partial charge in [0, 0.05) is 0 Å². The van der Waals surface area contributed by atoms with Gasteiger partial charge >= 0.3 is 11.9 Å². The van der Waals surface area contributed by atoms with Gasteiger partial charge in [-0.15, -0.1) is 0 Å². The van der Waals surface area contributed by atoms with Crippen molar-refractivity contribution < 1.29 is 28.9 Å². The molecule has 0 unspecified atom stereocenters. The average Bonchev–Trinajstić information content (AvgIpc) is 2.62. The summed E-state index contributed by atoms with van der Waals surface area (Å²) in [5, 5.41) is 8.96. The van der Waals surface area contributed by atoms with Crippen LogP contribution in [-0.4, -0.2) is 44.0 Å². The molecule has 0 amide bonds. The first kappa shape index (κ1) is 20.7. The van der Waals surface area contributed by atoms with Gasteiger partial charge in [-0.25, -0.2) is 0 Å². The highest BCUT2D eigenvalue weighted by Gasteiger charge is 2.48. The summed E-state index contributed by atoms with van der Waals surface area (Å²) < 4.78 is 15.5. The van der Waals surface area contributed by atoms with E-state index in [1.807, 2.05) is 0 Å². The molecule has 0 saturated carbocycles. The van der Waals surface area contributed by atoms with E-state index >= 15 is 0 Å². The predicted octanol–water partition coefficient (Wildman–Crippen LogP) is 2.29. The lowest BCUT2D eigenvalue weighted by molar-refractivity contribution is -0.171. The third-order valence-electron chi connectivity index (χ3n) is 3.74. The number of carbonyl (C=O) groups excluding carboxylic acids is 2. The van der Waals surface area contributed by atoms with E-state index in [9.17, 15) is 9.59 Å². The van der Waals surface area contributed by atoms with E-state index in [0.29, 0.717) is 5.75 Å². The van der Waals surface area contributed by atoms with Crippen molar-refractivity contribution in [3.05, 3.63) is 42.0 Å². The number of allylic oxidation sites excluding steroid dienone is 1. The van der Waals surface area contributed by atoms with Crippen LogP contribution in [0.1, 0.15) is 25.8 Å². The summed E-state index contributed by atoms with van der Waals surface area (Å²) in [6.45, 7) is 3.51. The fraction of sp³-hybridized carbons (Fsp3) is 0.474. The van der Waals surface area contributed by atoms with Gasteiger partial charge < -0.3 is 19.3 Å². The molecule has 0 atom stereocenters. The van der Waals surface area contributed by atoms with E-state index in [0.717, 1.165) is 5.56 Å². The number of methoxy groups -OCH3 is 1. The molecule has 0 aliphatic carbocycles. The molecule has 0 aliphatic rings. The second-order valence-electron chi connectivity index (χ2n) is 5.41. The fourth-order valence-electron chi connectivity index (χ4n) is 2.46. The highest BCUT2D eigenvalue weighted by Crippen LogP contribution is 2.32. The Kier molecular flexibility index (Phi) is 8.70. The molecule has 0 saturated heterocycles. The number of benzene rings is 1. The van der Waals surface area contributed by atoms with Crippen LogP contribution in [0.4, 0.5) is 0 Å². The Morgan fingerprint density at radius 1 is 1.04 bits per heavy atom. The number of hydrogen-bond acceptors (Lipinski definition) is 6. The van der Waals surface area contributed by atoms with E-state index in [2.05, 4.69) is 0 Å². The van der Waals surface area contributed by atoms with Gasteiger partial charge in [-0.1, -0.05) is 24.3 Å². The van der Waals surface area contributed by atoms with Gasteiger partial charge in [-0.2, -0.15) is 0 Å². The highest BCUT2D eigenvalue weighted by molar-refractivity contribution is 6.00. The SMILES string of the molecule is CCOC(=O)C(C/C=C/CO)(Cc1ccc(OC)cc1)C(=O)OCC. The van der Waals surface area contributed by atoms with Crippen molar-refractivity contribution in [3.63, 3.8) is 0 Å². The second kappa shape index (κ2) is 10.5. The van der Waals surface area contributed by atoms with E-state index in [4.69, 9.17) is 19.3 Å². The molecule has 0 aliphatic heterocycles. The van der Waals surface area contributed by atoms with E-state index in [1.54, 1.807) is 51.3 Å². The molecule has 6 heteroatoms. The molecule has 1 aromatic carbocycles. The smallest absolute Gasteiger partial charge is 0.324 e. The van der Waals surface area contributed by atoms with Crippen molar-refractivity contribution in [2.75, 3.05) is 26.9 Å². The fourth-order valence-corrected chi connectivity index (χ4v) is 2.46. The number of ether oxygens (including phenoxy) is 3. The maximum atomic E-state index is 12.7. The molecule has 0 radical (unpaired) electrons. The highest BCUT2D eigenvalue weighted by atomic mass is 16.6. The zero-order valence-electron chi connectivity index (χ0n) is 15.0. The third-order valence-corrected chi connectivity index (χ3v) is 3.74. The maximum absolute atomic E-state index is 12.7. The quantitative estimate of drug-likeness (QED) is 0.396. The molecule has 0 aromatic heterocycles. The summed E-state index contributed by atoms with van der Waals surface area (Å²) in [5.41, 5.74) is -0.717. The molecule has 0 fully saturated rings. The molecule has 25 heavy (non-hydrogen) atoms. The Labute approximate surface area is 148 Å². The van der Waals surface area contributed by atoms with Crippen LogP contribution in [0.5, 0.6) is 5.75 Å². The summed E-state index contributed by atoms with van der Waals surface area (Å²) in [4.78, 5) is 25.3. The largest absolute Gasteiger partial charge is 0.497 e. The molecule has 6 nitrogen and oxygen atoms in total. The van der Waals surface area contributed by atoms with Crippen LogP contribution in [-0.2, 0) is 25.5 Å². The number of hydrogen-bond donors (Lipinski definition) is 1. The van der Waals surface area contributed by atoms with Crippen LogP contribution in [0.2, 0.25) is 0 Å². The molecule has 1 N–H and O–H groups in total. The normalized spacial score (nSPS) is 11.4. The van der Waals surface area contributed by atoms with Gasteiger partial charge in [-0.05, 0) is 44.4 Å². The van der Waals surface area contributed by atoms with Gasteiger partial charge in [0.2, 0.25) is 0 Å². The van der Waals surface area contributed by atoms with Crippen LogP contribution < -0.4 is 4.74 Å².